The highest BCUT2D eigenvalue weighted by Crippen LogP contribution is 2.38. The van der Waals surface area contributed by atoms with E-state index in [9.17, 15) is 24.0 Å². The summed E-state index contributed by atoms with van der Waals surface area (Å²) in [7, 11) is 1.50. The quantitative estimate of drug-likeness (QED) is 0.444. The fraction of sp³-hybridized carbons (Fsp3) is 0.600. The van der Waals surface area contributed by atoms with Crippen molar-refractivity contribution in [2.24, 2.45) is 5.41 Å². The van der Waals surface area contributed by atoms with E-state index >= 15 is 0 Å². The molecule has 1 aromatic rings. The summed E-state index contributed by atoms with van der Waals surface area (Å²) in [6, 6.07) is 9.25. The maximum absolute atomic E-state index is 15.0. The summed E-state index contributed by atoms with van der Waals surface area (Å²) in [6.45, 7) is 12.2. The lowest BCUT2D eigenvalue weighted by molar-refractivity contribution is -0.147. The van der Waals surface area contributed by atoms with E-state index in [0.29, 0.717) is 25.4 Å². The smallest absolute Gasteiger partial charge is 0.246 e. The van der Waals surface area contributed by atoms with Crippen LogP contribution in [0.25, 0.3) is 0 Å². The Bertz CT molecular complexity index is 1110. The molecule has 1 aromatic carbocycles. The van der Waals surface area contributed by atoms with Gasteiger partial charge in [0, 0.05) is 57.2 Å². The van der Waals surface area contributed by atoms with Gasteiger partial charge in [-0.1, -0.05) is 24.3 Å². The standard InChI is InChI=1S/C30H42FN5O4/c1-7-30(28(39)33-23-11-9-8-10-12-23)15-24(17-32)36(20-30)27(38)25(16-29(4,5)31)34(6)26(37)13-14-35-21(2)18-40-19-22(35)3/h7-12,21-22,24-25H,1,13-16,18-20H2,2-6H3,(H,33,39)/t21-,22+,24-,25-,30-/m0/s1. The molecule has 2 aliphatic heterocycles. The minimum absolute atomic E-state index is 0.0492. The van der Waals surface area contributed by atoms with Gasteiger partial charge in [-0.05, 0) is 39.8 Å². The van der Waals surface area contributed by atoms with E-state index in [4.69, 9.17) is 4.74 Å². The van der Waals surface area contributed by atoms with Crippen LogP contribution in [0.2, 0.25) is 0 Å². The Morgan fingerprint density at radius 2 is 1.90 bits per heavy atom. The number of nitriles is 1. The molecule has 2 saturated heterocycles. The van der Waals surface area contributed by atoms with Crippen molar-refractivity contribution in [2.75, 3.05) is 38.7 Å². The van der Waals surface area contributed by atoms with E-state index in [1.165, 1.54) is 36.8 Å². The van der Waals surface area contributed by atoms with Crippen molar-refractivity contribution in [1.82, 2.24) is 14.7 Å². The number of morpholine rings is 1. The Morgan fingerprint density at radius 3 is 2.45 bits per heavy atom. The zero-order chi connectivity index (χ0) is 29.7. The number of carbonyl (C=O) groups is 3. The van der Waals surface area contributed by atoms with Crippen molar-refractivity contribution in [3.63, 3.8) is 0 Å². The second kappa shape index (κ2) is 12.9. The van der Waals surface area contributed by atoms with Crippen LogP contribution in [0.3, 0.4) is 0 Å². The van der Waals surface area contributed by atoms with Gasteiger partial charge < -0.3 is 19.9 Å². The molecule has 0 spiro atoms. The number of likely N-dealkylation sites (N-methyl/N-ethyl adjacent to an activating group) is 1. The number of carbonyl (C=O) groups excluding carboxylic acids is 3. The number of halogens is 1. The molecule has 5 atom stereocenters. The van der Waals surface area contributed by atoms with Gasteiger partial charge in [0.05, 0.1) is 24.7 Å². The van der Waals surface area contributed by atoms with Crippen LogP contribution < -0.4 is 5.32 Å². The molecule has 40 heavy (non-hydrogen) atoms. The number of hydrogen-bond acceptors (Lipinski definition) is 6. The molecule has 3 rings (SSSR count). The summed E-state index contributed by atoms with van der Waals surface area (Å²) < 4.78 is 20.5. The number of benzene rings is 1. The molecular formula is C30H42FN5O4. The third kappa shape index (κ3) is 7.26. The second-order valence-corrected chi connectivity index (χ2v) is 11.7. The molecular weight excluding hydrogens is 513 g/mol. The van der Waals surface area contributed by atoms with Gasteiger partial charge in [-0.15, -0.1) is 6.58 Å². The molecule has 2 fully saturated rings. The van der Waals surface area contributed by atoms with Gasteiger partial charge in [0.2, 0.25) is 17.7 Å². The summed E-state index contributed by atoms with van der Waals surface area (Å²) in [5.74, 6) is -1.24. The van der Waals surface area contributed by atoms with E-state index in [-0.39, 0.29) is 49.7 Å². The number of likely N-dealkylation sites (tertiary alicyclic amines) is 1. The highest BCUT2D eigenvalue weighted by molar-refractivity contribution is 5.98. The molecule has 10 heteroatoms. The Kier molecular flexibility index (Phi) is 10.1. The van der Waals surface area contributed by atoms with E-state index in [0.717, 1.165) is 0 Å². The van der Waals surface area contributed by atoms with Crippen LogP contribution in [0.4, 0.5) is 10.1 Å². The lowest BCUT2D eigenvalue weighted by Crippen LogP contribution is -2.54. The third-order valence-corrected chi connectivity index (χ3v) is 7.95. The van der Waals surface area contributed by atoms with Crippen molar-refractivity contribution in [2.45, 2.75) is 76.8 Å². The summed E-state index contributed by atoms with van der Waals surface area (Å²) in [5.41, 5.74) is -2.39. The van der Waals surface area contributed by atoms with Gasteiger partial charge in [0.25, 0.3) is 0 Å². The number of alkyl halides is 1. The minimum Gasteiger partial charge on any atom is -0.378 e. The number of anilines is 1. The number of nitrogens with one attached hydrogen (secondary N) is 1. The van der Waals surface area contributed by atoms with Crippen LogP contribution in [-0.2, 0) is 19.1 Å². The zero-order valence-corrected chi connectivity index (χ0v) is 24.2. The first-order valence-electron chi connectivity index (χ1n) is 13.8. The molecule has 2 heterocycles. The van der Waals surface area contributed by atoms with Crippen molar-refractivity contribution in [3.05, 3.63) is 43.0 Å². The first kappa shape index (κ1) is 31.2. The largest absolute Gasteiger partial charge is 0.378 e. The number of para-hydroxylation sites is 1. The predicted molar refractivity (Wildman–Crippen MR) is 151 cm³/mol. The molecule has 0 radical (unpaired) electrons. The average Bonchev–Trinajstić information content (AvgIpc) is 3.31. The van der Waals surface area contributed by atoms with Gasteiger partial charge in [-0.3, -0.25) is 19.3 Å². The maximum Gasteiger partial charge on any atom is 0.246 e. The van der Waals surface area contributed by atoms with Gasteiger partial charge in [0.1, 0.15) is 17.8 Å². The summed E-state index contributed by atoms with van der Waals surface area (Å²) in [4.78, 5) is 45.4. The van der Waals surface area contributed by atoms with Crippen LogP contribution in [0.5, 0.6) is 0 Å². The van der Waals surface area contributed by atoms with Crippen molar-refractivity contribution >= 4 is 23.4 Å². The molecule has 0 aromatic heterocycles. The van der Waals surface area contributed by atoms with E-state index in [2.05, 4.69) is 22.9 Å². The Labute approximate surface area is 236 Å². The van der Waals surface area contributed by atoms with Gasteiger partial charge in [-0.25, -0.2) is 4.39 Å². The first-order chi connectivity index (χ1) is 18.8. The molecule has 1 N–H and O–H groups in total. The summed E-state index contributed by atoms with van der Waals surface area (Å²) >= 11 is 0. The van der Waals surface area contributed by atoms with Gasteiger partial charge in [-0.2, -0.15) is 5.26 Å². The Morgan fingerprint density at radius 1 is 1.27 bits per heavy atom. The minimum atomic E-state index is -1.76. The highest BCUT2D eigenvalue weighted by atomic mass is 19.1. The lowest BCUT2D eigenvalue weighted by atomic mass is 9.84. The molecule has 0 unspecified atom stereocenters. The molecule has 218 valence electrons. The van der Waals surface area contributed by atoms with Crippen molar-refractivity contribution in [1.29, 1.82) is 5.26 Å². The number of rotatable bonds is 10. The SMILES string of the molecule is C=C[C@]1(C(=O)Nc2ccccc2)C[C@@H](C#N)N(C(=O)[C@H](CC(C)(C)F)N(C)C(=O)CCN2[C@H](C)COC[C@@H]2C)C1. The van der Waals surface area contributed by atoms with E-state index in [1.54, 1.807) is 24.3 Å². The van der Waals surface area contributed by atoms with Gasteiger partial charge >= 0.3 is 0 Å². The Hall–Kier alpha value is -3.29. The van der Waals surface area contributed by atoms with Gasteiger partial charge in [0.15, 0.2) is 0 Å². The molecule has 2 aliphatic rings. The van der Waals surface area contributed by atoms with E-state index < -0.39 is 29.1 Å². The average molecular weight is 556 g/mol. The monoisotopic (exact) mass is 555 g/mol. The molecule has 3 amide bonds. The predicted octanol–water partition coefficient (Wildman–Crippen LogP) is 3.39. The lowest BCUT2D eigenvalue weighted by Gasteiger charge is -2.39. The maximum atomic E-state index is 15.0. The summed E-state index contributed by atoms with van der Waals surface area (Å²) in [6.07, 6.45) is 1.42. The number of nitrogens with zero attached hydrogens (tertiary/aromatic N) is 4. The molecule has 0 bridgehead atoms. The molecule has 0 saturated carbocycles. The van der Waals surface area contributed by atoms with Crippen LogP contribution in [0.15, 0.2) is 43.0 Å². The highest BCUT2D eigenvalue weighted by Gasteiger charge is 2.51. The van der Waals surface area contributed by atoms with Crippen LogP contribution in [0.1, 0.15) is 47.0 Å². The first-order valence-corrected chi connectivity index (χ1v) is 13.8. The third-order valence-electron chi connectivity index (χ3n) is 7.95. The van der Waals surface area contributed by atoms with Crippen LogP contribution in [-0.4, -0.2) is 95.6 Å². The normalized spacial score (nSPS) is 26.0. The fourth-order valence-electron chi connectivity index (χ4n) is 5.55. The van der Waals surface area contributed by atoms with Crippen molar-refractivity contribution < 1.29 is 23.5 Å². The fourth-order valence-corrected chi connectivity index (χ4v) is 5.55. The van der Waals surface area contributed by atoms with E-state index in [1.807, 2.05) is 19.9 Å². The number of hydrogen-bond donors (Lipinski definition) is 1. The molecule has 0 aliphatic carbocycles. The number of ether oxygens (including phenoxy) is 1. The topological polar surface area (TPSA) is 106 Å². The Balaban J connectivity index is 1.80. The zero-order valence-electron chi connectivity index (χ0n) is 24.2. The second-order valence-electron chi connectivity index (χ2n) is 11.7. The van der Waals surface area contributed by atoms with Crippen LogP contribution in [0, 0.1) is 16.7 Å². The summed E-state index contributed by atoms with van der Waals surface area (Å²) in [5, 5.41) is 12.8. The van der Waals surface area contributed by atoms with Crippen molar-refractivity contribution in [3.8, 4) is 6.07 Å². The molecule has 9 nitrogen and oxygen atoms in total. The number of amides is 3. The van der Waals surface area contributed by atoms with Crippen LogP contribution >= 0.6 is 0 Å².